The molecule has 0 aliphatic rings. The number of benzene rings is 2. The van der Waals surface area contributed by atoms with Gasteiger partial charge in [-0.2, -0.15) is 4.99 Å². The standard InChI is InChI=1S/C19H18N2OS/c1-3-12-21-16-6-4-5-7-17(16)23-19(21)20-18(22)13-15-10-8-14(2)9-11-15/h3-11H,1,12-13H2,2H3. The van der Waals surface area contributed by atoms with Crippen LogP contribution in [0.25, 0.3) is 10.2 Å². The van der Waals surface area contributed by atoms with Crippen LogP contribution in [0.3, 0.4) is 0 Å². The molecule has 116 valence electrons. The van der Waals surface area contributed by atoms with Crippen molar-refractivity contribution in [1.29, 1.82) is 0 Å². The third-order valence-electron chi connectivity index (χ3n) is 3.60. The Kier molecular flexibility index (Phi) is 4.53. The van der Waals surface area contributed by atoms with Crippen LogP contribution in [0.15, 0.2) is 66.2 Å². The molecule has 0 radical (unpaired) electrons. The molecule has 4 heteroatoms. The van der Waals surface area contributed by atoms with Crippen molar-refractivity contribution in [3.05, 3.63) is 77.1 Å². The van der Waals surface area contributed by atoms with E-state index in [1.165, 1.54) is 16.9 Å². The Hall–Kier alpha value is -2.46. The molecule has 0 saturated heterocycles. The second-order valence-corrected chi connectivity index (χ2v) is 6.43. The first-order valence-corrected chi connectivity index (χ1v) is 8.31. The molecular formula is C19H18N2OS. The van der Waals surface area contributed by atoms with Gasteiger partial charge in [-0.15, -0.1) is 6.58 Å². The first-order valence-electron chi connectivity index (χ1n) is 7.50. The van der Waals surface area contributed by atoms with Gasteiger partial charge in [-0.3, -0.25) is 4.79 Å². The second kappa shape index (κ2) is 6.75. The number of nitrogens with zero attached hydrogens (tertiary/aromatic N) is 2. The maximum atomic E-state index is 12.3. The van der Waals surface area contributed by atoms with Gasteiger partial charge in [-0.05, 0) is 24.6 Å². The highest BCUT2D eigenvalue weighted by Gasteiger charge is 2.07. The zero-order valence-corrected chi connectivity index (χ0v) is 13.8. The molecule has 0 unspecified atom stereocenters. The smallest absolute Gasteiger partial charge is 0.252 e. The minimum atomic E-state index is -0.127. The van der Waals surface area contributed by atoms with E-state index in [2.05, 4.69) is 11.6 Å². The molecule has 2 aromatic carbocycles. The summed E-state index contributed by atoms with van der Waals surface area (Å²) in [6, 6.07) is 16.1. The van der Waals surface area contributed by atoms with Gasteiger partial charge >= 0.3 is 0 Å². The van der Waals surface area contributed by atoms with Gasteiger partial charge in [0.2, 0.25) is 0 Å². The quantitative estimate of drug-likeness (QED) is 0.672. The summed E-state index contributed by atoms with van der Waals surface area (Å²) in [6.07, 6.45) is 2.14. The van der Waals surface area contributed by atoms with Crippen LogP contribution in [0, 0.1) is 6.92 Å². The molecule has 0 bridgehead atoms. The normalized spacial score (nSPS) is 11.8. The van der Waals surface area contributed by atoms with Gasteiger partial charge in [-0.25, -0.2) is 0 Å². The predicted octanol–water partition coefficient (Wildman–Crippen LogP) is 3.87. The number of carbonyl (C=O) groups excluding carboxylic acids is 1. The summed E-state index contributed by atoms with van der Waals surface area (Å²) in [7, 11) is 0. The van der Waals surface area contributed by atoms with Crippen LogP contribution in [-0.2, 0) is 17.8 Å². The summed E-state index contributed by atoms with van der Waals surface area (Å²) in [5, 5.41) is 0. The molecule has 1 aromatic heterocycles. The third-order valence-corrected chi connectivity index (χ3v) is 4.66. The number of rotatable bonds is 4. The van der Waals surface area contributed by atoms with Gasteiger partial charge in [0.1, 0.15) is 0 Å². The zero-order chi connectivity index (χ0) is 16.2. The van der Waals surface area contributed by atoms with E-state index in [1.54, 1.807) is 0 Å². The average Bonchev–Trinajstić information content (AvgIpc) is 2.88. The van der Waals surface area contributed by atoms with Crippen molar-refractivity contribution in [3.8, 4) is 0 Å². The van der Waals surface area contributed by atoms with Gasteiger partial charge in [0.15, 0.2) is 4.80 Å². The number of thiazole rings is 1. The van der Waals surface area contributed by atoms with E-state index in [4.69, 9.17) is 0 Å². The zero-order valence-electron chi connectivity index (χ0n) is 13.0. The number of allylic oxidation sites excluding steroid dienone is 1. The Bertz CT molecular complexity index is 916. The SMILES string of the molecule is C=CCn1c(=NC(=O)Cc2ccc(C)cc2)sc2ccccc21. The number of amides is 1. The highest BCUT2D eigenvalue weighted by atomic mass is 32.1. The van der Waals surface area contributed by atoms with E-state index in [0.717, 1.165) is 20.6 Å². The van der Waals surface area contributed by atoms with Gasteiger partial charge in [0.05, 0.1) is 16.6 Å². The lowest BCUT2D eigenvalue weighted by Gasteiger charge is -2.01. The molecule has 0 aliphatic heterocycles. The van der Waals surface area contributed by atoms with Crippen LogP contribution in [0.4, 0.5) is 0 Å². The van der Waals surface area contributed by atoms with Crippen LogP contribution in [-0.4, -0.2) is 10.5 Å². The van der Waals surface area contributed by atoms with Gasteiger partial charge in [0, 0.05) is 6.54 Å². The second-order valence-electron chi connectivity index (χ2n) is 5.42. The van der Waals surface area contributed by atoms with E-state index >= 15 is 0 Å². The molecule has 1 amide bonds. The number of para-hydroxylation sites is 1. The molecule has 3 nitrogen and oxygen atoms in total. The molecule has 23 heavy (non-hydrogen) atoms. The summed E-state index contributed by atoms with van der Waals surface area (Å²) in [4.78, 5) is 17.4. The number of hydrogen-bond acceptors (Lipinski definition) is 2. The maximum Gasteiger partial charge on any atom is 0.252 e. The van der Waals surface area contributed by atoms with Crippen LogP contribution in [0.2, 0.25) is 0 Å². The van der Waals surface area contributed by atoms with E-state index in [1.807, 2.05) is 66.1 Å². The van der Waals surface area contributed by atoms with Crippen molar-refractivity contribution >= 4 is 27.5 Å². The predicted molar refractivity (Wildman–Crippen MR) is 95.5 cm³/mol. The topological polar surface area (TPSA) is 34.4 Å². The average molecular weight is 322 g/mol. The molecule has 0 N–H and O–H groups in total. The monoisotopic (exact) mass is 322 g/mol. The van der Waals surface area contributed by atoms with Crippen molar-refractivity contribution in [1.82, 2.24) is 4.57 Å². The molecule has 3 aromatic rings. The number of fused-ring (bicyclic) bond motifs is 1. The van der Waals surface area contributed by atoms with Crippen molar-refractivity contribution in [2.75, 3.05) is 0 Å². The van der Waals surface area contributed by atoms with Crippen LogP contribution in [0.5, 0.6) is 0 Å². The molecule has 0 saturated carbocycles. The fourth-order valence-corrected chi connectivity index (χ4v) is 3.50. The Labute approximate surface area is 139 Å². The van der Waals surface area contributed by atoms with Crippen LogP contribution in [0.1, 0.15) is 11.1 Å². The first kappa shape index (κ1) is 15.4. The number of aryl methyl sites for hydroxylation is 1. The Morgan fingerprint density at radius 2 is 1.96 bits per heavy atom. The molecule has 0 atom stereocenters. The highest BCUT2D eigenvalue weighted by molar-refractivity contribution is 7.16. The highest BCUT2D eigenvalue weighted by Crippen LogP contribution is 2.16. The largest absolute Gasteiger partial charge is 0.313 e. The fraction of sp³-hybridized carbons (Fsp3) is 0.158. The minimum absolute atomic E-state index is 0.127. The van der Waals surface area contributed by atoms with Crippen molar-refractivity contribution in [3.63, 3.8) is 0 Å². The molecule has 0 spiro atoms. The van der Waals surface area contributed by atoms with Crippen LogP contribution < -0.4 is 4.80 Å². The van der Waals surface area contributed by atoms with Gasteiger partial charge < -0.3 is 4.57 Å². The van der Waals surface area contributed by atoms with Crippen molar-refractivity contribution in [2.24, 2.45) is 4.99 Å². The summed E-state index contributed by atoms with van der Waals surface area (Å²) >= 11 is 1.53. The fourth-order valence-electron chi connectivity index (χ4n) is 2.44. The summed E-state index contributed by atoms with van der Waals surface area (Å²) in [6.45, 7) is 6.47. The molecule has 1 heterocycles. The van der Waals surface area contributed by atoms with E-state index < -0.39 is 0 Å². The van der Waals surface area contributed by atoms with E-state index in [9.17, 15) is 4.79 Å². The minimum Gasteiger partial charge on any atom is -0.313 e. The number of hydrogen-bond donors (Lipinski definition) is 0. The van der Waals surface area contributed by atoms with E-state index in [-0.39, 0.29) is 5.91 Å². The molecule has 0 aliphatic carbocycles. The molecule has 0 fully saturated rings. The Morgan fingerprint density at radius 3 is 2.70 bits per heavy atom. The summed E-state index contributed by atoms with van der Waals surface area (Å²) in [5.74, 6) is -0.127. The summed E-state index contributed by atoms with van der Waals surface area (Å²) < 4.78 is 3.15. The van der Waals surface area contributed by atoms with Crippen molar-refractivity contribution < 1.29 is 4.79 Å². The third kappa shape index (κ3) is 3.48. The van der Waals surface area contributed by atoms with Crippen LogP contribution >= 0.6 is 11.3 Å². The number of aromatic nitrogens is 1. The van der Waals surface area contributed by atoms with E-state index in [0.29, 0.717) is 13.0 Å². The summed E-state index contributed by atoms with van der Waals surface area (Å²) in [5.41, 5.74) is 3.26. The maximum absolute atomic E-state index is 12.3. The van der Waals surface area contributed by atoms with Gasteiger partial charge in [-0.1, -0.05) is 59.4 Å². The Morgan fingerprint density at radius 1 is 1.22 bits per heavy atom. The Balaban J connectivity index is 1.96. The first-order chi connectivity index (χ1) is 11.2. The lowest BCUT2D eigenvalue weighted by Crippen LogP contribution is -2.16. The lowest BCUT2D eigenvalue weighted by molar-refractivity contribution is -0.117. The van der Waals surface area contributed by atoms with Crippen molar-refractivity contribution in [2.45, 2.75) is 19.9 Å². The number of carbonyl (C=O) groups is 1. The lowest BCUT2D eigenvalue weighted by atomic mass is 10.1. The molecular weight excluding hydrogens is 304 g/mol. The van der Waals surface area contributed by atoms with Gasteiger partial charge in [0.25, 0.3) is 5.91 Å². The molecule has 3 rings (SSSR count).